The van der Waals surface area contributed by atoms with Crippen LogP contribution in [0.25, 0.3) is 0 Å². The number of nitrogens with one attached hydrogen (secondary N) is 1. The summed E-state index contributed by atoms with van der Waals surface area (Å²) in [5.41, 5.74) is 1.85. The highest BCUT2D eigenvalue weighted by atomic mass is 79.9. The van der Waals surface area contributed by atoms with E-state index in [-0.39, 0.29) is 0 Å². The largest absolute Gasteiger partial charge is 0.378 e. The maximum atomic E-state index is 6.08. The van der Waals surface area contributed by atoms with Crippen LogP contribution in [0.5, 0.6) is 0 Å². The Morgan fingerprint density at radius 2 is 2.00 bits per heavy atom. The lowest BCUT2D eigenvalue weighted by molar-refractivity contribution is 1.03. The van der Waals surface area contributed by atoms with Gasteiger partial charge in [0.15, 0.2) is 0 Å². The minimum atomic E-state index is 0.635. The average Bonchev–Trinajstić information content (AvgIpc) is 2.30. The first-order chi connectivity index (χ1) is 8.15. The molecule has 0 aliphatic heterocycles. The number of hydrogen-bond acceptors (Lipinski definition) is 2. The summed E-state index contributed by atoms with van der Waals surface area (Å²) >= 11 is 12.8. The molecular weight excluding hydrogens is 367 g/mol. The number of anilines is 1. The molecule has 0 fully saturated rings. The second-order valence-corrected chi connectivity index (χ2v) is 5.56. The maximum Gasteiger partial charge on any atom is 0.106 e. The van der Waals surface area contributed by atoms with Crippen LogP contribution in [0.3, 0.4) is 0 Å². The first kappa shape index (κ1) is 12.9. The molecule has 17 heavy (non-hydrogen) atoms. The molecule has 5 heteroatoms. The van der Waals surface area contributed by atoms with Crippen LogP contribution in [0, 0.1) is 0 Å². The van der Waals surface area contributed by atoms with E-state index in [1.165, 1.54) is 0 Å². The number of nitrogens with zero attached hydrogens (tertiary/aromatic N) is 1. The molecule has 2 nitrogen and oxygen atoms in total. The first-order valence-corrected chi connectivity index (χ1v) is 6.92. The smallest absolute Gasteiger partial charge is 0.106 e. The molecule has 0 atom stereocenters. The molecule has 0 aliphatic rings. The molecule has 0 spiro atoms. The second-order valence-electron chi connectivity index (χ2n) is 3.43. The Labute approximate surface area is 122 Å². The van der Waals surface area contributed by atoms with Gasteiger partial charge in [-0.2, -0.15) is 0 Å². The summed E-state index contributed by atoms with van der Waals surface area (Å²) in [6.45, 7) is 0.635. The van der Waals surface area contributed by atoms with Crippen LogP contribution in [0.15, 0.2) is 45.5 Å². The number of rotatable bonds is 3. The van der Waals surface area contributed by atoms with Gasteiger partial charge in [0.25, 0.3) is 0 Å². The van der Waals surface area contributed by atoms with E-state index in [0.717, 1.165) is 20.5 Å². The van der Waals surface area contributed by atoms with Crippen molar-refractivity contribution in [3.05, 3.63) is 56.2 Å². The Balaban J connectivity index is 2.09. The fourth-order valence-corrected chi connectivity index (χ4v) is 2.29. The van der Waals surface area contributed by atoms with Crippen molar-refractivity contribution < 1.29 is 0 Å². The molecule has 1 heterocycles. The molecular formula is C12H9Br2ClN2. The molecule has 2 rings (SSSR count). The molecule has 2 aromatic rings. The lowest BCUT2D eigenvalue weighted by atomic mass is 10.3. The van der Waals surface area contributed by atoms with E-state index in [9.17, 15) is 0 Å². The van der Waals surface area contributed by atoms with E-state index in [1.54, 1.807) is 0 Å². The fourth-order valence-electron chi connectivity index (χ4n) is 1.37. The number of hydrogen-bond donors (Lipinski definition) is 1. The summed E-state index contributed by atoms with van der Waals surface area (Å²) in [6.07, 6.45) is 0. The molecule has 88 valence electrons. The predicted molar refractivity (Wildman–Crippen MR) is 78.4 cm³/mol. The van der Waals surface area contributed by atoms with Gasteiger partial charge in [-0.25, -0.2) is 4.98 Å². The lowest BCUT2D eigenvalue weighted by Crippen LogP contribution is -2.02. The Bertz CT molecular complexity index is 532. The minimum Gasteiger partial charge on any atom is -0.378 e. The molecule has 0 amide bonds. The summed E-state index contributed by atoms with van der Waals surface area (Å²) in [7, 11) is 0. The van der Waals surface area contributed by atoms with E-state index in [0.29, 0.717) is 11.6 Å². The maximum absolute atomic E-state index is 6.08. The van der Waals surface area contributed by atoms with Crippen molar-refractivity contribution in [3.63, 3.8) is 0 Å². The summed E-state index contributed by atoms with van der Waals surface area (Å²) in [5.74, 6) is 0. The third-order valence-corrected chi connectivity index (χ3v) is 3.43. The lowest BCUT2D eigenvalue weighted by Gasteiger charge is -2.08. The Morgan fingerprint density at radius 3 is 2.76 bits per heavy atom. The molecule has 0 radical (unpaired) electrons. The Morgan fingerprint density at radius 1 is 1.18 bits per heavy atom. The number of halogens is 3. The van der Waals surface area contributed by atoms with Crippen molar-refractivity contribution in [1.82, 2.24) is 4.98 Å². The van der Waals surface area contributed by atoms with Gasteiger partial charge in [0.1, 0.15) is 4.60 Å². The molecule has 1 aromatic carbocycles. The predicted octanol–water partition coefficient (Wildman–Crippen LogP) is 4.87. The molecule has 1 aromatic heterocycles. The number of aromatic nitrogens is 1. The topological polar surface area (TPSA) is 24.9 Å². The first-order valence-electron chi connectivity index (χ1n) is 4.95. The van der Waals surface area contributed by atoms with Crippen LogP contribution >= 0.6 is 43.5 Å². The number of pyridine rings is 1. The van der Waals surface area contributed by atoms with Gasteiger partial charge in [-0.3, -0.25) is 0 Å². The zero-order chi connectivity index (χ0) is 12.3. The molecule has 0 unspecified atom stereocenters. The van der Waals surface area contributed by atoms with Crippen molar-refractivity contribution in [3.8, 4) is 0 Å². The van der Waals surface area contributed by atoms with Gasteiger partial charge >= 0.3 is 0 Å². The van der Waals surface area contributed by atoms with Crippen molar-refractivity contribution in [2.24, 2.45) is 0 Å². The Hall–Kier alpha value is -0.580. The van der Waals surface area contributed by atoms with Crippen molar-refractivity contribution in [1.29, 1.82) is 0 Å². The minimum absolute atomic E-state index is 0.635. The standard InChI is InChI=1S/C12H9Br2ClN2/c13-8-4-5-10(15)11(6-8)16-7-9-2-1-3-12(14)17-9/h1-6,16H,7H2. The van der Waals surface area contributed by atoms with Crippen LogP contribution in [0.2, 0.25) is 5.02 Å². The second kappa shape index (κ2) is 5.85. The van der Waals surface area contributed by atoms with Gasteiger partial charge in [-0.15, -0.1) is 0 Å². The summed E-state index contributed by atoms with van der Waals surface area (Å²) in [4.78, 5) is 4.34. The molecule has 0 aliphatic carbocycles. The summed E-state index contributed by atoms with van der Waals surface area (Å²) in [6, 6.07) is 11.5. The van der Waals surface area contributed by atoms with E-state index >= 15 is 0 Å². The highest BCUT2D eigenvalue weighted by molar-refractivity contribution is 9.10. The van der Waals surface area contributed by atoms with Crippen LogP contribution in [-0.2, 0) is 6.54 Å². The van der Waals surface area contributed by atoms with Crippen LogP contribution in [0.4, 0.5) is 5.69 Å². The molecule has 0 bridgehead atoms. The summed E-state index contributed by atoms with van der Waals surface area (Å²) in [5, 5.41) is 3.95. The van der Waals surface area contributed by atoms with Gasteiger partial charge in [0.2, 0.25) is 0 Å². The number of benzene rings is 1. The third-order valence-electron chi connectivity index (χ3n) is 2.16. The normalized spacial score (nSPS) is 10.3. The van der Waals surface area contributed by atoms with Crippen LogP contribution in [0.1, 0.15) is 5.69 Å². The van der Waals surface area contributed by atoms with Crippen molar-refractivity contribution in [2.75, 3.05) is 5.32 Å². The van der Waals surface area contributed by atoms with Crippen molar-refractivity contribution in [2.45, 2.75) is 6.54 Å². The van der Waals surface area contributed by atoms with Gasteiger partial charge in [0, 0.05) is 4.47 Å². The molecule has 0 saturated carbocycles. The molecule has 0 saturated heterocycles. The van der Waals surface area contributed by atoms with E-state index in [4.69, 9.17) is 11.6 Å². The highest BCUT2D eigenvalue weighted by Crippen LogP contribution is 2.26. The van der Waals surface area contributed by atoms with Gasteiger partial charge in [-0.1, -0.05) is 33.6 Å². The zero-order valence-corrected chi connectivity index (χ0v) is 12.7. The van der Waals surface area contributed by atoms with Crippen LogP contribution < -0.4 is 5.32 Å². The SMILES string of the molecule is Clc1ccc(Br)cc1NCc1cccc(Br)n1. The fraction of sp³-hybridized carbons (Fsp3) is 0.0833. The van der Waals surface area contributed by atoms with Gasteiger partial charge < -0.3 is 5.32 Å². The monoisotopic (exact) mass is 374 g/mol. The van der Waals surface area contributed by atoms with E-state index in [1.807, 2.05) is 36.4 Å². The van der Waals surface area contributed by atoms with Crippen molar-refractivity contribution >= 4 is 49.1 Å². The van der Waals surface area contributed by atoms with Gasteiger partial charge in [0.05, 0.1) is 22.9 Å². The van der Waals surface area contributed by atoms with E-state index in [2.05, 4.69) is 42.2 Å². The average molecular weight is 376 g/mol. The third kappa shape index (κ3) is 3.69. The summed E-state index contributed by atoms with van der Waals surface area (Å²) < 4.78 is 1.82. The van der Waals surface area contributed by atoms with Gasteiger partial charge in [-0.05, 0) is 46.3 Å². The quantitative estimate of drug-likeness (QED) is 0.773. The van der Waals surface area contributed by atoms with E-state index < -0.39 is 0 Å². The Kier molecular flexibility index (Phi) is 4.42. The zero-order valence-electron chi connectivity index (χ0n) is 8.75. The van der Waals surface area contributed by atoms with Crippen LogP contribution in [-0.4, -0.2) is 4.98 Å². The molecule has 1 N–H and O–H groups in total. The highest BCUT2D eigenvalue weighted by Gasteiger charge is 2.01.